The standard InChI is InChI=1S/C21H14F4N8O2/c22-16-7-26-18-12(4-15(31-33(16)18)13-6-27-20(35)30-19(13)34)10-3-11(10)14-2-1-9-5-28-32(17(9)29-14)8-21(23,24)25/h1-2,4-7,10-11H,3,8H2,(H2,27,30,34,35)/t10?,11-/m1/s1. The highest BCUT2D eigenvalue weighted by atomic mass is 19.4. The molecule has 2 atom stereocenters. The molecule has 1 aliphatic carbocycles. The molecule has 0 saturated heterocycles. The van der Waals surface area contributed by atoms with Crippen LogP contribution in [0.25, 0.3) is 27.9 Å². The minimum atomic E-state index is -4.44. The molecule has 5 aromatic heterocycles. The number of halogens is 4. The predicted octanol–water partition coefficient (Wildman–Crippen LogP) is 2.49. The van der Waals surface area contributed by atoms with Crippen LogP contribution < -0.4 is 11.2 Å². The van der Waals surface area contributed by atoms with E-state index in [1.54, 1.807) is 18.2 Å². The van der Waals surface area contributed by atoms with Gasteiger partial charge in [-0.25, -0.2) is 19.4 Å². The van der Waals surface area contributed by atoms with Gasteiger partial charge in [-0.3, -0.25) is 9.78 Å². The molecule has 14 heteroatoms. The maximum absolute atomic E-state index is 14.4. The summed E-state index contributed by atoms with van der Waals surface area (Å²) in [5.41, 5.74) is 0.317. The van der Waals surface area contributed by atoms with Crippen LogP contribution in [0.3, 0.4) is 0 Å². The van der Waals surface area contributed by atoms with E-state index in [1.165, 1.54) is 12.4 Å². The van der Waals surface area contributed by atoms with Crippen molar-refractivity contribution < 1.29 is 17.6 Å². The molecule has 0 aliphatic heterocycles. The summed E-state index contributed by atoms with van der Waals surface area (Å²) in [7, 11) is 0. The molecule has 1 aliphatic rings. The van der Waals surface area contributed by atoms with Crippen molar-refractivity contribution in [2.45, 2.75) is 31.0 Å². The van der Waals surface area contributed by atoms with Crippen LogP contribution in [0.5, 0.6) is 0 Å². The largest absolute Gasteiger partial charge is 0.408 e. The summed E-state index contributed by atoms with van der Waals surface area (Å²) < 4.78 is 54.9. The third kappa shape index (κ3) is 3.66. The van der Waals surface area contributed by atoms with Gasteiger partial charge in [0.15, 0.2) is 11.3 Å². The molecular formula is C21H14F4N8O2. The van der Waals surface area contributed by atoms with Gasteiger partial charge in [0.25, 0.3) is 5.56 Å². The fourth-order valence-corrected chi connectivity index (χ4v) is 4.30. The van der Waals surface area contributed by atoms with Gasteiger partial charge in [0, 0.05) is 28.8 Å². The van der Waals surface area contributed by atoms with E-state index < -0.39 is 29.9 Å². The minimum absolute atomic E-state index is 0.0358. The molecule has 6 rings (SSSR count). The van der Waals surface area contributed by atoms with Gasteiger partial charge >= 0.3 is 11.9 Å². The second-order valence-corrected chi connectivity index (χ2v) is 8.30. The van der Waals surface area contributed by atoms with Crippen LogP contribution in [0.4, 0.5) is 17.6 Å². The number of rotatable bonds is 4. The van der Waals surface area contributed by atoms with Crippen LogP contribution in [0, 0.1) is 5.95 Å². The van der Waals surface area contributed by atoms with Crippen molar-refractivity contribution in [3.63, 3.8) is 0 Å². The number of imidazole rings is 1. The normalized spacial score (nSPS) is 17.9. The Morgan fingerprint density at radius 2 is 1.94 bits per heavy atom. The van der Waals surface area contributed by atoms with Gasteiger partial charge in [0.05, 0.1) is 23.7 Å². The number of aromatic amines is 2. The van der Waals surface area contributed by atoms with Crippen LogP contribution >= 0.6 is 0 Å². The Labute approximate surface area is 191 Å². The second kappa shape index (κ2) is 7.32. The van der Waals surface area contributed by atoms with E-state index in [-0.39, 0.29) is 34.4 Å². The predicted molar refractivity (Wildman–Crippen MR) is 113 cm³/mol. The van der Waals surface area contributed by atoms with E-state index in [9.17, 15) is 27.2 Å². The zero-order valence-corrected chi connectivity index (χ0v) is 17.5. The van der Waals surface area contributed by atoms with Gasteiger partial charge in [-0.05, 0) is 30.5 Å². The van der Waals surface area contributed by atoms with E-state index in [2.05, 4.69) is 30.1 Å². The van der Waals surface area contributed by atoms with Crippen LogP contribution in [-0.2, 0) is 6.54 Å². The van der Waals surface area contributed by atoms with Crippen molar-refractivity contribution in [1.29, 1.82) is 0 Å². The summed E-state index contributed by atoms with van der Waals surface area (Å²) in [5, 5.41) is 8.43. The summed E-state index contributed by atoms with van der Waals surface area (Å²) in [6.07, 6.45) is -0.334. The van der Waals surface area contributed by atoms with E-state index in [0.29, 0.717) is 23.1 Å². The average Bonchev–Trinajstić information content (AvgIpc) is 3.38. The molecule has 5 aromatic rings. The third-order valence-electron chi connectivity index (χ3n) is 5.96. The van der Waals surface area contributed by atoms with E-state index in [0.717, 1.165) is 15.4 Å². The first-order valence-corrected chi connectivity index (χ1v) is 10.4. The number of aromatic nitrogens is 8. The van der Waals surface area contributed by atoms with Crippen molar-refractivity contribution >= 4 is 16.7 Å². The van der Waals surface area contributed by atoms with E-state index >= 15 is 0 Å². The summed E-state index contributed by atoms with van der Waals surface area (Å²) in [6, 6.07) is 4.99. The van der Waals surface area contributed by atoms with Gasteiger partial charge in [0.1, 0.15) is 6.54 Å². The molecule has 0 aromatic carbocycles. The van der Waals surface area contributed by atoms with Crippen molar-refractivity contribution in [1.82, 2.24) is 39.3 Å². The monoisotopic (exact) mass is 486 g/mol. The summed E-state index contributed by atoms with van der Waals surface area (Å²) >= 11 is 0. The van der Waals surface area contributed by atoms with Crippen molar-refractivity contribution in [2.24, 2.45) is 0 Å². The smallest absolute Gasteiger partial charge is 0.313 e. The molecule has 10 nitrogen and oxygen atoms in total. The Hall–Kier alpha value is -4.36. The molecule has 0 spiro atoms. The molecule has 1 saturated carbocycles. The number of nitrogens with zero attached hydrogens (tertiary/aromatic N) is 6. The fourth-order valence-electron chi connectivity index (χ4n) is 4.30. The molecule has 0 amide bonds. The molecule has 178 valence electrons. The van der Waals surface area contributed by atoms with Crippen LogP contribution in [0.1, 0.15) is 29.5 Å². The van der Waals surface area contributed by atoms with Crippen molar-refractivity contribution in [2.75, 3.05) is 0 Å². The maximum Gasteiger partial charge on any atom is 0.408 e. The Morgan fingerprint density at radius 1 is 1.11 bits per heavy atom. The molecule has 1 unspecified atom stereocenters. The van der Waals surface area contributed by atoms with Crippen LogP contribution in [0.15, 0.2) is 46.4 Å². The lowest BCUT2D eigenvalue weighted by molar-refractivity contribution is -0.141. The first-order valence-electron chi connectivity index (χ1n) is 10.4. The number of alkyl halides is 3. The SMILES string of the molecule is O=c1[nH]cc(-c2cc(C3C[C@H]3c3ccc4cnn(CC(F)(F)F)c4n3)c3ncc(F)n3n2)c(=O)[nH]1. The summed E-state index contributed by atoms with van der Waals surface area (Å²) in [4.78, 5) is 36.7. The Morgan fingerprint density at radius 3 is 2.71 bits per heavy atom. The molecule has 0 bridgehead atoms. The molecule has 0 radical (unpaired) electrons. The number of H-pyrrole nitrogens is 2. The van der Waals surface area contributed by atoms with Gasteiger partial charge in [-0.2, -0.15) is 32.3 Å². The number of pyridine rings is 1. The number of fused-ring (bicyclic) bond motifs is 2. The zero-order chi connectivity index (χ0) is 24.5. The van der Waals surface area contributed by atoms with E-state index in [4.69, 9.17) is 0 Å². The van der Waals surface area contributed by atoms with Crippen LogP contribution in [0.2, 0.25) is 0 Å². The van der Waals surface area contributed by atoms with Gasteiger partial charge in [-0.15, -0.1) is 0 Å². The number of hydrogen-bond donors (Lipinski definition) is 2. The maximum atomic E-state index is 14.4. The lowest BCUT2D eigenvalue weighted by Crippen LogP contribution is -2.23. The lowest BCUT2D eigenvalue weighted by atomic mass is 10.1. The van der Waals surface area contributed by atoms with Gasteiger partial charge < -0.3 is 4.98 Å². The molecule has 1 fully saturated rings. The Kier molecular flexibility index (Phi) is 4.43. The second-order valence-electron chi connectivity index (χ2n) is 8.30. The van der Waals surface area contributed by atoms with Crippen molar-refractivity contribution in [3.05, 3.63) is 74.8 Å². The topological polar surface area (TPSA) is 127 Å². The van der Waals surface area contributed by atoms with Crippen LogP contribution in [-0.4, -0.2) is 45.5 Å². The van der Waals surface area contributed by atoms with Gasteiger partial charge in [0.2, 0.25) is 5.95 Å². The highest BCUT2D eigenvalue weighted by Gasteiger charge is 2.43. The minimum Gasteiger partial charge on any atom is -0.313 e. The lowest BCUT2D eigenvalue weighted by Gasteiger charge is -2.09. The molecule has 35 heavy (non-hydrogen) atoms. The quantitative estimate of drug-likeness (QED) is 0.376. The Bertz CT molecular complexity index is 1730. The zero-order valence-electron chi connectivity index (χ0n) is 17.5. The molecule has 2 N–H and O–H groups in total. The highest BCUT2D eigenvalue weighted by molar-refractivity contribution is 5.75. The average molecular weight is 486 g/mol. The van der Waals surface area contributed by atoms with Gasteiger partial charge in [-0.1, -0.05) is 0 Å². The number of hydrogen-bond acceptors (Lipinski definition) is 6. The fraction of sp³-hybridized carbons (Fsp3) is 0.238. The molecular weight excluding hydrogens is 472 g/mol. The first-order chi connectivity index (χ1) is 16.7. The summed E-state index contributed by atoms with van der Waals surface area (Å²) in [6.45, 7) is -1.25. The first kappa shape index (κ1) is 21.2. The van der Waals surface area contributed by atoms with E-state index in [1.807, 2.05) is 0 Å². The highest BCUT2D eigenvalue weighted by Crippen LogP contribution is 2.55. The Balaban J connectivity index is 1.41. The number of nitrogens with one attached hydrogen (secondary N) is 2. The third-order valence-corrected chi connectivity index (χ3v) is 5.96. The van der Waals surface area contributed by atoms with Crippen molar-refractivity contribution in [3.8, 4) is 11.3 Å². The summed E-state index contributed by atoms with van der Waals surface area (Å²) in [5.74, 6) is -1.09. The molecule has 5 heterocycles.